The van der Waals surface area contributed by atoms with Crippen LogP contribution < -0.4 is 10.5 Å². The van der Waals surface area contributed by atoms with Gasteiger partial charge in [-0.2, -0.15) is 5.26 Å². The molecule has 0 atom stereocenters. The number of rotatable bonds is 5. The summed E-state index contributed by atoms with van der Waals surface area (Å²) >= 11 is 7.04. The number of halogens is 2. The van der Waals surface area contributed by atoms with Gasteiger partial charge in [-0.1, -0.05) is 12.1 Å². The third-order valence-electron chi connectivity index (χ3n) is 2.93. The van der Waals surface area contributed by atoms with E-state index in [0.717, 1.165) is 32.2 Å². The maximum Gasteiger partial charge on any atom is 0.148 e. The molecule has 0 aliphatic heterocycles. The maximum atomic E-state index is 8.90. The van der Waals surface area contributed by atoms with Crippen LogP contribution in [0, 0.1) is 11.3 Å². The molecule has 2 aromatic rings. The normalized spacial score (nSPS) is 10.2. The molecular formula is C16H14Br2N2O. The predicted molar refractivity (Wildman–Crippen MR) is 90.1 cm³/mol. The Morgan fingerprint density at radius 2 is 1.81 bits per heavy atom. The van der Waals surface area contributed by atoms with Crippen molar-refractivity contribution in [1.82, 2.24) is 0 Å². The van der Waals surface area contributed by atoms with Crippen LogP contribution in [-0.2, 0) is 13.0 Å². The Balaban J connectivity index is 2.14. The van der Waals surface area contributed by atoms with Gasteiger partial charge in [0.1, 0.15) is 12.4 Å². The molecule has 3 nitrogen and oxygen atoms in total. The minimum atomic E-state index is 0.406. The lowest BCUT2D eigenvalue weighted by molar-refractivity contribution is 0.302. The number of nitrogens with two attached hydrogens (primary N) is 1. The van der Waals surface area contributed by atoms with E-state index < -0.39 is 0 Å². The molecule has 108 valence electrons. The highest BCUT2D eigenvalue weighted by atomic mass is 79.9. The van der Waals surface area contributed by atoms with E-state index in [0.29, 0.717) is 18.7 Å². The highest BCUT2D eigenvalue weighted by Gasteiger charge is 2.09. The second kappa shape index (κ2) is 7.60. The summed E-state index contributed by atoms with van der Waals surface area (Å²) in [6.07, 6.45) is 0.821. The Kier molecular flexibility index (Phi) is 5.80. The fourth-order valence-corrected chi connectivity index (χ4v) is 3.46. The van der Waals surface area contributed by atoms with Gasteiger partial charge in [-0.15, -0.1) is 0 Å². The Morgan fingerprint density at radius 1 is 1.10 bits per heavy atom. The molecule has 2 aromatic carbocycles. The summed E-state index contributed by atoms with van der Waals surface area (Å²) in [6, 6.07) is 13.5. The van der Waals surface area contributed by atoms with Crippen LogP contribution in [0.5, 0.6) is 5.75 Å². The Bertz CT molecular complexity index is 657. The van der Waals surface area contributed by atoms with Gasteiger partial charge in [0.05, 0.1) is 20.6 Å². The second-order valence-corrected chi connectivity index (χ2v) is 6.24. The fraction of sp³-hybridized carbons (Fsp3) is 0.188. The third kappa shape index (κ3) is 4.31. The van der Waals surface area contributed by atoms with E-state index in [1.807, 2.05) is 30.3 Å². The average molecular weight is 410 g/mol. The lowest BCUT2D eigenvalue weighted by Crippen LogP contribution is -2.03. The molecule has 0 saturated carbocycles. The molecule has 0 unspecified atom stereocenters. The molecule has 5 heteroatoms. The Hall–Kier alpha value is -1.35. The molecule has 0 saturated heterocycles. The number of nitriles is 1. The van der Waals surface area contributed by atoms with Gasteiger partial charge in [0, 0.05) is 0 Å². The number of hydrogen-bond acceptors (Lipinski definition) is 3. The Labute approximate surface area is 141 Å². The van der Waals surface area contributed by atoms with Gasteiger partial charge in [-0.3, -0.25) is 0 Å². The van der Waals surface area contributed by atoms with Gasteiger partial charge < -0.3 is 10.5 Å². The van der Waals surface area contributed by atoms with Crippen LogP contribution in [0.25, 0.3) is 0 Å². The smallest absolute Gasteiger partial charge is 0.148 e. The van der Waals surface area contributed by atoms with E-state index in [1.54, 1.807) is 6.07 Å². The van der Waals surface area contributed by atoms with Gasteiger partial charge in [0.2, 0.25) is 0 Å². The standard InChI is InChI=1S/C16H14Br2N2O/c17-14-7-11(4-5-19)8-15(18)16(14)21-10-13-3-1-2-12(6-13)9-20/h1-3,6-8H,4-5,10,19H2. The molecule has 21 heavy (non-hydrogen) atoms. The Morgan fingerprint density at radius 3 is 2.43 bits per heavy atom. The first kappa shape index (κ1) is 16.0. The van der Waals surface area contributed by atoms with Crippen molar-refractivity contribution in [3.63, 3.8) is 0 Å². The quantitative estimate of drug-likeness (QED) is 0.806. The molecule has 0 aliphatic rings. The van der Waals surface area contributed by atoms with E-state index in [-0.39, 0.29) is 0 Å². The van der Waals surface area contributed by atoms with Crippen molar-refractivity contribution >= 4 is 31.9 Å². The summed E-state index contributed by atoms with van der Waals surface area (Å²) in [7, 11) is 0. The fourth-order valence-electron chi connectivity index (χ4n) is 1.95. The van der Waals surface area contributed by atoms with Crippen LogP contribution >= 0.6 is 31.9 Å². The zero-order chi connectivity index (χ0) is 15.2. The van der Waals surface area contributed by atoms with Crippen LogP contribution in [0.3, 0.4) is 0 Å². The van der Waals surface area contributed by atoms with Crippen molar-refractivity contribution in [2.24, 2.45) is 5.73 Å². The van der Waals surface area contributed by atoms with Crippen LogP contribution in [0.4, 0.5) is 0 Å². The highest BCUT2D eigenvalue weighted by molar-refractivity contribution is 9.11. The van der Waals surface area contributed by atoms with Gasteiger partial charge in [-0.05, 0) is 80.2 Å². The van der Waals surface area contributed by atoms with Crippen LogP contribution in [-0.4, -0.2) is 6.54 Å². The minimum Gasteiger partial charge on any atom is -0.487 e. The van der Waals surface area contributed by atoms with Crippen molar-refractivity contribution in [2.75, 3.05) is 6.54 Å². The summed E-state index contributed by atoms with van der Waals surface area (Å²) in [5.74, 6) is 0.748. The minimum absolute atomic E-state index is 0.406. The SMILES string of the molecule is N#Cc1cccc(COc2c(Br)cc(CCN)cc2Br)c1. The van der Waals surface area contributed by atoms with E-state index in [1.165, 1.54) is 0 Å². The van der Waals surface area contributed by atoms with E-state index in [2.05, 4.69) is 37.9 Å². The van der Waals surface area contributed by atoms with Crippen LogP contribution in [0.1, 0.15) is 16.7 Å². The molecule has 0 aliphatic carbocycles. The zero-order valence-electron chi connectivity index (χ0n) is 11.3. The molecule has 0 aromatic heterocycles. The van der Waals surface area contributed by atoms with Crippen molar-refractivity contribution in [3.05, 3.63) is 62.0 Å². The van der Waals surface area contributed by atoms with E-state index in [4.69, 9.17) is 15.7 Å². The first-order valence-corrected chi connectivity index (χ1v) is 8.02. The molecule has 0 bridgehead atoms. The van der Waals surface area contributed by atoms with Gasteiger partial charge >= 0.3 is 0 Å². The summed E-state index contributed by atoms with van der Waals surface area (Å²) in [4.78, 5) is 0. The number of hydrogen-bond donors (Lipinski definition) is 1. The molecule has 2 N–H and O–H groups in total. The lowest BCUT2D eigenvalue weighted by atomic mass is 10.1. The van der Waals surface area contributed by atoms with Gasteiger partial charge in [0.25, 0.3) is 0 Å². The van der Waals surface area contributed by atoms with Gasteiger partial charge in [-0.25, -0.2) is 0 Å². The number of nitrogens with zero attached hydrogens (tertiary/aromatic N) is 1. The predicted octanol–water partition coefficient (Wildman–Crippen LogP) is 4.16. The third-order valence-corrected chi connectivity index (χ3v) is 4.11. The summed E-state index contributed by atoms with van der Waals surface area (Å²) in [6.45, 7) is 1.02. The topological polar surface area (TPSA) is 59.0 Å². The lowest BCUT2D eigenvalue weighted by Gasteiger charge is -2.12. The molecular weight excluding hydrogens is 396 g/mol. The van der Waals surface area contributed by atoms with Crippen LogP contribution in [0.15, 0.2) is 45.3 Å². The largest absolute Gasteiger partial charge is 0.487 e. The number of ether oxygens (including phenoxy) is 1. The van der Waals surface area contributed by atoms with Crippen molar-refractivity contribution in [3.8, 4) is 11.8 Å². The highest BCUT2D eigenvalue weighted by Crippen LogP contribution is 2.35. The van der Waals surface area contributed by atoms with E-state index in [9.17, 15) is 0 Å². The zero-order valence-corrected chi connectivity index (χ0v) is 14.4. The molecule has 0 fully saturated rings. The first-order valence-electron chi connectivity index (χ1n) is 6.44. The summed E-state index contributed by atoms with van der Waals surface area (Å²) in [5.41, 5.74) is 8.31. The van der Waals surface area contributed by atoms with Gasteiger partial charge in [0.15, 0.2) is 0 Å². The molecule has 2 rings (SSSR count). The molecule has 0 amide bonds. The average Bonchev–Trinajstić information content (AvgIpc) is 2.47. The molecule has 0 radical (unpaired) electrons. The van der Waals surface area contributed by atoms with Crippen molar-refractivity contribution in [2.45, 2.75) is 13.0 Å². The summed E-state index contributed by atoms with van der Waals surface area (Å²) in [5, 5.41) is 8.90. The maximum absolute atomic E-state index is 8.90. The second-order valence-electron chi connectivity index (χ2n) is 4.53. The van der Waals surface area contributed by atoms with E-state index >= 15 is 0 Å². The summed E-state index contributed by atoms with van der Waals surface area (Å²) < 4.78 is 7.62. The van der Waals surface area contributed by atoms with Crippen LogP contribution in [0.2, 0.25) is 0 Å². The molecule has 0 heterocycles. The van der Waals surface area contributed by atoms with Crippen molar-refractivity contribution < 1.29 is 4.74 Å². The van der Waals surface area contributed by atoms with Crippen molar-refractivity contribution in [1.29, 1.82) is 5.26 Å². The first-order chi connectivity index (χ1) is 10.1. The monoisotopic (exact) mass is 408 g/mol. The number of benzene rings is 2. The molecule has 0 spiro atoms.